The molecule has 0 atom stereocenters. The minimum absolute atomic E-state index is 0.0666. The lowest BCUT2D eigenvalue weighted by Gasteiger charge is -2.28. The Kier molecular flexibility index (Phi) is 4.80. The van der Waals surface area contributed by atoms with Crippen LogP contribution in [0.3, 0.4) is 0 Å². The summed E-state index contributed by atoms with van der Waals surface area (Å²) in [4.78, 5) is 23.5. The van der Waals surface area contributed by atoms with Crippen LogP contribution in [0.25, 0.3) is 33.5 Å². The number of carbonyl (C=O) groups excluding carboxylic acids is 1. The third-order valence-corrected chi connectivity index (χ3v) is 4.96. The second-order valence-corrected chi connectivity index (χ2v) is 7.81. The molecule has 0 aliphatic rings. The van der Waals surface area contributed by atoms with Crippen LogP contribution in [0.15, 0.2) is 30.6 Å². The Bertz CT molecular complexity index is 1310. The van der Waals surface area contributed by atoms with Crippen molar-refractivity contribution in [3.05, 3.63) is 35.6 Å². The minimum Gasteiger partial charge on any atom is -0.406 e. The highest BCUT2D eigenvalue weighted by atomic mass is 35.5. The van der Waals surface area contributed by atoms with E-state index in [-0.39, 0.29) is 11.3 Å². The fourth-order valence-corrected chi connectivity index (χ4v) is 3.10. The van der Waals surface area contributed by atoms with Crippen LogP contribution in [0.4, 0.5) is 18.0 Å². The van der Waals surface area contributed by atoms with Gasteiger partial charge in [-0.15, -0.1) is 0 Å². The van der Waals surface area contributed by atoms with Gasteiger partial charge in [0.15, 0.2) is 16.9 Å². The largest absolute Gasteiger partial charge is 0.413 e. The van der Waals surface area contributed by atoms with Gasteiger partial charge in [-0.3, -0.25) is 4.68 Å². The standard InChI is InChI=1S/C19H16ClF3N6O2/c1-18(2,19(21,22)23)27-17(30)31-13-8-25-16-15(13)26-11(7-24-16)14-10-5-4-9(20)6-12(10)29(3)28-14/h4-8H,1-3H3,(H,24,25)(H,27,30). The van der Waals surface area contributed by atoms with Gasteiger partial charge in [-0.05, 0) is 32.0 Å². The number of aromatic nitrogens is 5. The summed E-state index contributed by atoms with van der Waals surface area (Å²) < 4.78 is 45.7. The van der Waals surface area contributed by atoms with E-state index >= 15 is 0 Å². The molecule has 3 heterocycles. The van der Waals surface area contributed by atoms with Gasteiger partial charge in [0.1, 0.15) is 16.9 Å². The first kappa shape index (κ1) is 20.9. The number of amides is 1. The number of H-pyrrole nitrogens is 1. The van der Waals surface area contributed by atoms with E-state index in [1.165, 1.54) is 12.4 Å². The number of hydrogen-bond acceptors (Lipinski definition) is 5. The monoisotopic (exact) mass is 452 g/mol. The molecule has 0 aliphatic carbocycles. The van der Waals surface area contributed by atoms with E-state index < -0.39 is 17.8 Å². The summed E-state index contributed by atoms with van der Waals surface area (Å²) in [5.41, 5.74) is -0.306. The van der Waals surface area contributed by atoms with Crippen LogP contribution in [0.2, 0.25) is 5.02 Å². The molecule has 0 unspecified atom stereocenters. The minimum atomic E-state index is -4.65. The van der Waals surface area contributed by atoms with Gasteiger partial charge >= 0.3 is 12.3 Å². The summed E-state index contributed by atoms with van der Waals surface area (Å²) in [6.45, 7) is 1.67. The van der Waals surface area contributed by atoms with E-state index in [1.54, 1.807) is 35.2 Å². The topological polar surface area (TPSA) is 97.7 Å². The molecule has 0 aliphatic heterocycles. The fraction of sp³-hybridized carbons (Fsp3) is 0.263. The SMILES string of the molecule is Cn1nc(-c2cnc3[nH]cc(OC(=O)NC(C)(C)C(F)(F)F)c3n2)c2ccc(Cl)cc21. The lowest BCUT2D eigenvalue weighted by Crippen LogP contribution is -2.55. The molecule has 0 saturated carbocycles. The molecule has 0 bridgehead atoms. The number of nitrogens with zero attached hydrogens (tertiary/aromatic N) is 4. The van der Waals surface area contributed by atoms with Crippen molar-refractivity contribution >= 4 is 39.8 Å². The molecule has 162 valence electrons. The molecular weight excluding hydrogens is 437 g/mol. The van der Waals surface area contributed by atoms with Gasteiger partial charge in [0, 0.05) is 23.7 Å². The van der Waals surface area contributed by atoms with Gasteiger partial charge in [-0.2, -0.15) is 18.3 Å². The first-order valence-corrected chi connectivity index (χ1v) is 9.37. The zero-order valence-electron chi connectivity index (χ0n) is 16.5. The van der Waals surface area contributed by atoms with Crippen LogP contribution in [0, 0.1) is 0 Å². The molecule has 2 N–H and O–H groups in total. The first-order chi connectivity index (χ1) is 14.5. The summed E-state index contributed by atoms with van der Waals surface area (Å²) in [5.74, 6) is -0.0666. The average molecular weight is 453 g/mol. The van der Waals surface area contributed by atoms with Crippen LogP contribution < -0.4 is 10.1 Å². The number of rotatable bonds is 3. The van der Waals surface area contributed by atoms with E-state index in [0.29, 0.717) is 22.1 Å². The number of carbonyl (C=O) groups is 1. The molecule has 4 aromatic rings. The van der Waals surface area contributed by atoms with E-state index in [9.17, 15) is 18.0 Å². The Labute approximate surface area is 178 Å². The number of hydrogen-bond donors (Lipinski definition) is 2. The maximum atomic E-state index is 13.0. The van der Waals surface area contributed by atoms with Crippen molar-refractivity contribution in [1.82, 2.24) is 30.0 Å². The number of ether oxygens (including phenoxy) is 1. The summed E-state index contributed by atoms with van der Waals surface area (Å²) in [5, 5.41) is 7.59. The number of aryl methyl sites for hydroxylation is 1. The average Bonchev–Trinajstić information content (AvgIpc) is 3.21. The van der Waals surface area contributed by atoms with Crippen LogP contribution in [-0.2, 0) is 7.05 Å². The highest BCUT2D eigenvalue weighted by molar-refractivity contribution is 6.31. The predicted molar refractivity (Wildman–Crippen MR) is 108 cm³/mol. The molecule has 8 nitrogen and oxygen atoms in total. The van der Waals surface area contributed by atoms with Crippen molar-refractivity contribution < 1.29 is 22.7 Å². The quantitative estimate of drug-likeness (QED) is 0.473. The van der Waals surface area contributed by atoms with Crippen LogP contribution in [0.1, 0.15) is 13.8 Å². The first-order valence-electron chi connectivity index (χ1n) is 9.00. The maximum Gasteiger partial charge on any atom is 0.413 e. The van der Waals surface area contributed by atoms with Crippen LogP contribution in [-0.4, -0.2) is 42.5 Å². The van der Waals surface area contributed by atoms with Gasteiger partial charge in [0.25, 0.3) is 0 Å². The fourth-order valence-electron chi connectivity index (χ4n) is 2.93. The van der Waals surface area contributed by atoms with Gasteiger partial charge in [0.05, 0.1) is 11.7 Å². The van der Waals surface area contributed by atoms with E-state index in [0.717, 1.165) is 24.8 Å². The van der Waals surface area contributed by atoms with E-state index in [2.05, 4.69) is 20.1 Å². The highest BCUT2D eigenvalue weighted by Gasteiger charge is 2.48. The smallest absolute Gasteiger partial charge is 0.406 e. The zero-order valence-corrected chi connectivity index (χ0v) is 17.3. The number of fused-ring (bicyclic) bond motifs is 2. The number of benzene rings is 1. The van der Waals surface area contributed by atoms with Crippen molar-refractivity contribution in [1.29, 1.82) is 0 Å². The number of halogens is 4. The molecule has 1 aromatic carbocycles. The van der Waals surface area contributed by atoms with Crippen molar-refractivity contribution in [2.75, 3.05) is 0 Å². The van der Waals surface area contributed by atoms with Crippen molar-refractivity contribution in [3.8, 4) is 17.1 Å². The molecule has 4 rings (SSSR count). The molecule has 12 heteroatoms. The van der Waals surface area contributed by atoms with Gasteiger partial charge in [-0.25, -0.2) is 14.8 Å². The maximum absolute atomic E-state index is 13.0. The molecule has 0 spiro atoms. The summed E-state index contributed by atoms with van der Waals surface area (Å²) in [6, 6.07) is 5.28. The Morgan fingerprint density at radius 1 is 1.29 bits per heavy atom. The Morgan fingerprint density at radius 3 is 2.74 bits per heavy atom. The Balaban J connectivity index is 1.69. The molecule has 0 radical (unpaired) electrons. The summed E-state index contributed by atoms with van der Waals surface area (Å²) in [6.07, 6.45) is -3.13. The number of aromatic amines is 1. The summed E-state index contributed by atoms with van der Waals surface area (Å²) in [7, 11) is 1.76. The van der Waals surface area contributed by atoms with Crippen LogP contribution in [0.5, 0.6) is 5.75 Å². The van der Waals surface area contributed by atoms with Gasteiger partial charge in [-0.1, -0.05) is 11.6 Å². The van der Waals surface area contributed by atoms with E-state index in [1.807, 2.05) is 0 Å². The molecule has 1 amide bonds. The van der Waals surface area contributed by atoms with Crippen molar-refractivity contribution in [3.63, 3.8) is 0 Å². The van der Waals surface area contributed by atoms with Gasteiger partial charge < -0.3 is 15.0 Å². The second-order valence-electron chi connectivity index (χ2n) is 7.38. The third kappa shape index (κ3) is 3.76. The number of alkyl halides is 3. The highest BCUT2D eigenvalue weighted by Crippen LogP contribution is 2.32. The molecule has 31 heavy (non-hydrogen) atoms. The lowest BCUT2D eigenvalue weighted by molar-refractivity contribution is -0.183. The number of nitrogens with one attached hydrogen (secondary N) is 2. The summed E-state index contributed by atoms with van der Waals surface area (Å²) >= 11 is 6.05. The normalized spacial score (nSPS) is 12.5. The second kappa shape index (κ2) is 7.12. The lowest BCUT2D eigenvalue weighted by atomic mass is 10.1. The Hall–Kier alpha value is -3.34. The van der Waals surface area contributed by atoms with Gasteiger partial charge in [0.2, 0.25) is 0 Å². The van der Waals surface area contributed by atoms with Crippen molar-refractivity contribution in [2.24, 2.45) is 7.05 Å². The van der Waals surface area contributed by atoms with Crippen molar-refractivity contribution in [2.45, 2.75) is 25.6 Å². The van der Waals surface area contributed by atoms with Crippen LogP contribution >= 0.6 is 11.6 Å². The molecular formula is C19H16ClF3N6O2. The molecule has 0 saturated heterocycles. The molecule has 0 fully saturated rings. The Morgan fingerprint density at radius 2 is 2.03 bits per heavy atom. The van der Waals surface area contributed by atoms with E-state index in [4.69, 9.17) is 16.3 Å². The zero-order chi connectivity index (χ0) is 22.6. The predicted octanol–water partition coefficient (Wildman–Crippen LogP) is 4.59. The third-order valence-electron chi connectivity index (χ3n) is 4.73. The molecule has 3 aromatic heterocycles.